The number of ketones is 4. The minimum Gasteiger partial charge on any atom is -0.508 e. The lowest BCUT2D eigenvalue weighted by Crippen LogP contribution is -2.65. The first-order valence-corrected chi connectivity index (χ1v) is 37.4. The van der Waals surface area contributed by atoms with Gasteiger partial charge in [0.2, 0.25) is 11.6 Å². The number of amides is 2. The van der Waals surface area contributed by atoms with Crippen LogP contribution in [0.5, 0.6) is 11.5 Å². The Morgan fingerprint density at radius 3 is 1.26 bits per heavy atom. The van der Waals surface area contributed by atoms with Crippen molar-refractivity contribution in [1.82, 2.24) is 9.80 Å². The van der Waals surface area contributed by atoms with Crippen LogP contribution in [0, 0.1) is 51.4 Å². The normalized spacial score (nSPS) is 21.7. The predicted molar refractivity (Wildman–Crippen MR) is 472 cm³/mol. The number of rotatable bonds is 13. The number of hydrogen-bond donors (Lipinski definition) is 10. The molecule has 2 aromatic carbocycles. The highest BCUT2D eigenvalue weighted by Crippen LogP contribution is 2.56. The molecule has 0 aromatic heterocycles. The van der Waals surface area contributed by atoms with Gasteiger partial charge in [0.25, 0.3) is 11.8 Å². The lowest BCUT2D eigenvalue weighted by atomic mass is 8.56. The molecule has 0 heterocycles. The van der Waals surface area contributed by atoms with E-state index in [2.05, 4.69) is 94.7 Å². The van der Waals surface area contributed by atoms with E-state index < -0.39 is 161 Å². The number of aliphatic hydroxyl groups excluding tert-OH is 4. The quantitative estimate of drug-likeness (QED) is 0.0409. The largest absolute Gasteiger partial charge is 0.508 e. The number of carbonyl (C=O) groups excluding carboxylic acids is 6. The number of terminal acetylenes is 1. The molecule has 0 unspecified atom stereocenters. The number of likely N-dealkylation sites (N-methyl/N-ethyl adjacent to an activating group) is 2. The number of hydrogen-bond acceptors (Lipinski definition) is 16. The minimum absolute atomic E-state index is 0.0609. The van der Waals surface area contributed by atoms with Crippen LogP contribution in [0.15, 0.2) is 134 Å². The van der Waals surface area contributed by atoms with Crippen LogP contribution < -0.4 is 11.5 Å². The third kappa shape index (κ3) is 21.4. The van der Waals surface area contributed by atoms with E-state index in [1.54, 1.807) is 28.2 Å². The molecule has 0 saturated heterocycles. The molecule has 8 aliphatic carbocycles. The van der Waals surface area contributed by atoms with E-state index in [9.17, 15) is 69.6 Å². The molecule has 10 rings (SSSR count). The summed E-state index contributed by atoms with van der Waals surface area (Å²) in [6, 6.07) is 1.44. The number of Topliss-reactive ketones (excluding diaryl/α,β-unsaturated/α-hetero) is 4. The van der Waals surface area contributed by atoms with Crippen molar-refractivity contribution in [1.29, 1.82) is 0 Å². The highest BCUT2D eigenvalue weighted by atomic mass is 127. The van der Waals surface area contributed by atoms with E-state index in [-0.39, 0.29) is 59.4 Å². The Labute approximate surface area is 697 Å². The molecule has 2 aromatic rings. The van der Waals surface area contributed by atoms with Gasteiger partial charge in [0, 0.05) is 174 Å². The van der Waals surface area contributed by atoms with Crippen LogP contribution in [0.25, 0.3) is 11.5 Å². The van der Waals surface area contributed by atoms with E-state index >= 15 is 0 Å². The number of phenols is 2. The highest BCUT2D eigenvalue weighted by molar-refractivity contribution is 14.1. The number of carbonyl (C=O) groups is 6. The van der Waals surface area contributed by atoms with E-state index in [1.165, 1.54) is 41.7 Å². The second kappa shape index (κ2) is 42.6. The number of nitrogens with zero attached hydrogens (tertiary/aromatic N) is 2. The molecule has 0 bridgehead atoms. The molecule has 2 saturated carbocycles. The molecular weight excluding hydrogens is 1510 g/mol. The van der Waals surface area contributed by atoms with Crippen molar-refractivity contribution < 1.29 is 69.6 Å². The van der Waals surface area contributed by atoms with E-state index in [1.807, 2.05) is 48.6 Å². The van der Waals surface area contributed by atoms with Crippen LogP contribution in [-0.2, 0) is 54.5 Å². The minimum atomic E-state index is -2.65. The van der Waals surface area contributed by atoms with Gasteiger partial charge in [0.05, 0.1) is 32.3 Å². The molecule has 25 radical (unpaired) electrons. The lowest BCUT2D eigenvalue weighted by molar-refractivity contribution is -0.155. The molecule has 18 nitrogen and oxygen atoms in total. The summed E-state index contributed by atoms with van der Waals surface area (Å²) in [6.45, 7) is 10.4. The Kier molecular flexibility index (Phi) is 36.1. The van der Waals surface area contributed by atoms with Gasteiger partial charge in [-0.3, -0.25) is 38.6 Å². The summed E-state index contributed by atoms with van der Waals surface area (Å²) in [6.07, 6.45) is 15.7. The summed E-state index contributed by atoms with van der Waals surface area (Å²) < 4.78 is 0.503. The molecule has 539 valence electrons. The zero-order valence-corrected chi connectivity index (χ0v) is 66.4. The maximum absolute atomic E-state index is 14.0. The third-order valence-corrected chi connectivity index (χ3v) is 21.7. The fourth-order valence-electron chi connectivity index (χ4n) is 15.4. The summed E-state index contributed by atoms with van der Waals surface area (Å²) in [5.74, 6) is -4.13. The van der Waals surface area contributed by atoms with Gasteiger partial charge < -0.3 is 52.3 Å². The summed E-state index contributed by atoms with van der Waals surface area (Å²) in [4.78, 5) is 81.1. The number of allylic oxidation sites excluding steroid dienone is 4. The molecule has 2 amide bonds. The van der Waals surface area contributed by atoms with Crippen LogP contribution in [0.3, 0.4) is 0 Å². The maximum atomic E-state index is 14.0. The Balaban J connectivity index is 0.000000275. The van der Waals surface area contributed by atoms with E-state index in [4.69, 9.17) is 111 Å². The Morgan fingerprint density at radius 2 is 0.956 bits per heavy atom. The van der Waals surface area contributed by atoms with Crippen LogP contribution in [0.2, 0.25) is 0 Å². The SMILES string of the molecule is C#CC1=CCCCC1.C=C=C=C=C=C=C=C=C=C=C.CCc1cc(C#CC2=CCCCC2)c(O)c2c1C[C@H]1C[C@H]3[C@H](N(C)C)C(=O)C(C(N)=O)=C(O)[C@@]3(O)C(=O)C1=C2O.CCc1cc(I)c(O)c2c1C[C@H]1C[C@H]3[C@H](N(C)C)C(=O)C(C(N)=O)=C(O)[C@@]3(O)C(=O)C1=C2O.[B]B([B])B(B([B])[B])B([B])[B].[B][B]B([B])B(B([B])[B])B([B])[B]. The van der Waals surface area contributed by atoms with Gasteiger partial charge in [0.15, 0.2) is 22.8 Å². The van der Waals surface area contributed by atoms with Crippen LogP contribution in [0.1, 0.15) is 117 Å². The number of benzene rings is 2. The summed E-state index contributed by atoms with van der Waals surface area (Å²) in [7, 11) is 71.6. The smallest absolute Gasteiger partial charge is 0.255 e. The molecule has 113 heavy (non-hydrogen) atoms. The third-order valence-electron chi connectivity index (χ3n) is 20.9. The summed E-state index contributed by atoms with van der Waals surface area (Å²) >= 11 is 1.94. The molecule has 8 aliphatic rings. The number of aromatic hydroxyl groups is 2. The Morgan fingerprint density at radius 1 is 0.584 bits per heavy atom. The Hall–Kier alpha value is -7.89. The number of phenolic OH excluding ortho intramolecular Hbond substituents is 2. The summed E-state index contributed by atoms with van der Waals surface area (Å²) in [5, 5.41) is 89.7. The molecule has 0 aliphatic heterocycles. The first-order valence-electron chi connectivity index (χ1n) is 36.3. The number of aliphatic hydroxyl groups is 6. The van der Waals surface area contributed by atoms with Gasteiger partial charge in [-0.25, -0.2) is 0 Å². The van der Waals surface area contributed by atoms with E-state index in [0.717, 1.165) is 48.8 Å². The molecule has 2 fully saturated rings. The van der Waals surface area contributed by atoms with Crippen molar-refractivity contribution in [3.63, 3.8) is 0 Å². The van der Waals surface area contributed by atoms with Crippen LogP contribution in [-0.4, -0.2) is 288 Å². The molecule has 8 atom stereocenters. The number of primary amides is 2. The second-order valence-electron chi connectivity index (χ2n) is 28.5. The first-order chi connectivity index (χ1) is 53.1. The fraction of sp³-hybridized carbons (Fsp3) is 0.384. The standard InChI is InChI=1S/C31H34N2O7.C23H25IN2O7.C11H4.C8H10.B11.B10/c1-4-16-12-17(11-10-15-8-6-5-7-9-15)25(34)22-19(16)13-18-14-20-24(33(2)3)27(36)23(30(32)39)29(38)31(20,40)28(37)21(18)26(22)35;1-4-8-7-12(24)17(27)14-10(8)5-9-6-11-16(26(2)3)19(29)15(22(25)32)21(31)23(11,33)20(30)13(9)18(14)28;1-3-5-7-9-11-10-8-6-4-2;1-2-8-6-4-3-5-7-8;1-7-10(6)11(8(2)3)9(4)5;1-7(2)10(8(3)4)9(5)6/h8,12,18,20,24,34-35,38,40H,4-7,9,13-14H2,1-3H3,(H2,32,39);7,9,11,16,27-28,31,33H,4-6H2,1-3H3,(H2,25,32);1-2H2;1,6H,3-5,7H2;;/t18-,20-,24-,31-;9-,11-,16-,23-;;;;/m00..../s1. The van der Waals surface area contributed by atoms with Crippen molar-refractivity contribution in [3.8, 4) is 35.7 Å². The second-order valence-corrected chi connectivity index (χ2v) is 29.7. The van der Waals surface area contributed by atoms with Gasteiger partial charge in [-0.1, -0.05) is 55.2 Å². The average Bonchev–Trinajstić information content (AvgIpc) is 0.704. The number of halogens is 1. The van der Waals surface area contributed by atoms with Gasteiger partial charge >= 0.3 is 0 Å². The van der Waals surface area contributed by atoms with Crippen LogP contribution >= 0.6 is 22.6 Å². The topological polar surface area (TPSA) is 323 Å². The Bertz CT molecular complexity index is 4690. The summed E-state index contributed by atoms with van der Waals surface area (Å²) in [5.41, 5.74) is 31.3. The first kappa shape index (κ1) is 95.7. The molecular formula is C73H73B21IN4O14. The van der Waals surface area contributed by atoms with Crippen LogP contribution in [0.4, 0.5) is 0 Å². The van der Waals surface area contributed by atoms with Crippen molar-refractivity contribution in [2.75, 3.05) is 28.2 Å². The zero-order valence-electron chi connectivity index (χ0n) is 64.2. The van der Waals surface area contributed by atoms with Gasteiger partial charge in [-0.05, 0) is 251 Å². The van der Waals surface area contributed by atoms with Crippen molar-refractivity contribution in [3.05, 3.63) is 176 Å². The monoisotopic (exact) mass is 1590 g/mol. The van der Waals surface area contributed by atoms with Crippen molar-refractivity contribution in [2.45, 2.75) is 127 Å². The van der Waals surface area contributed by atoms with Crippen molar-refractivity contribution >= 4 is 220 Å². The number of aryl methyl sites for hydroxylation is 2. The fourth-order valence-corrected chi connectivity index (χ4v) is 16.1. The number of fused-ring (bicyclic) bond motifs is 6. The van der Waals surface area contributed by atoms with Crippen molar-refractivity contribution in [2.24, 2.45) is 35.1 Å². The van der Waals surface area contributed by atoms with Gasteiger partial charge in [-0.2, -0.15) is 0 Å². The molecule has 12 N–H and O–H groups in total. The van der Waals surface area contributed by atoms with E-state index in [0.29, 0.717) is 39.5 Å². The van der Waals surface area contributed by atoms with Gasteiger partial charge in [-0.15, -0.1) is 6.42 Å². The highest BCUT2D eigenvalue weighted by Gasteiger charge is 2.66. The zero-order chi connectivity index (χ0) is 85.2. The van der Waals surface area contributed by atoms with Gasteiger partial charge in [0.1, 0.15) is 45.7 Å². The molecule has 40 heteroatoms. The average molecular weight is 1580 g/mol. The predicted octanol–water partition coefficient (Wildman–Crippen LogP) is -0.169. The lowest BCUT2D eigenvalue weighted by Gasteiger charge is -2.50. The molecule has 0 spiro atoms. The maximum Gasteiger partial charge on any atom is 0.255 e. The number of nitrogens with two attached hydrogens (primary N) is 2.